The summed E-state index contributed by atoms with van der Waals surface area (Å²) < 4.78 is 5.43. The molecule has 0 aliphatic carbocycles. The summed E-state index contributed by atoms with van der Waals surface area (Å²) >= 11 is 7.20. The second kappa shape index (κ2) is 4.31. The SMILES string of the molecule is CC1(C)COCCN1c1nc(Cl)c(C=O)s1. The third-order valence-corrected chi connectivity index (χ3v) is 3.99. The summed E-state index contributed by atoms with van der Waals surface area (Å²) in [6, 6.07) is 0. The summed E-state index contributed by atoms with van der Waals surface area (Å²) in [4.78, 5) is 17.6. The maximum Gasteiger partial charge on any atom is 0.188 e. The zero-order valence-electron chi connectivity index (χ0n) is 9.20. The Balaban J connectivity index is 2.31. The highest BCUT2D eigenvalue weighted by atomic mass is 35.5. The Morgan fingerprint density at radius 2 is 2.38 bits per heavy atom. The van der Waals surface area contributed by atoms with Gasteiger partial charge in [0.15, 0.2) is 16.6 Å². The van der Waals surface area contributed by atoms with E-state index in [-0.39, 0.29) is 10.7 Å². The lowest BCUT2D eigenvalue weighted by atomic mass is 10.0. The van der Waals surface area contributed by atoms with Crippen LogP contribution in [0.5, 0.6) is 0 Å². The van der Waals surface area contributed by atoms with E-state index in [0.717, 1.165) is 18.0 Å². The highest BCUT2D eigenvalue weighted by Crippen LogP contribution is 2.33. The van der Waals surface area contributed by atoms with Crippen LogP contribution in [0.15, 0.2) is 0 Å². The predicted octanol–water partition coefficient (Wildman–Crippen LogP) is 2.22. The first-order valence-corrected chi connectivity index (χ1v) is 6.21. The molecule has 2 rings (SSSR count). The van der Waals surface area contributed by atoms with Gasteiger partial charge in [0.1, 0.15) is 4.88 Å². The number of aldehydes is 1. The van der Waals surface area contributed by atoms with Gasteiger partial charge in [-0.15, -0.1) is 0 Å². The maximum atomic E-state index is 10.7. The molecule has 0 amide bonds. The van der Waals surface area contributed by atoms with Crippen LogP contribution in [0, 0.1) is 0 Å². The van der Waals surface area contributed by atoms with Crippen LogP contribution in [0.1, 0.15) is 23.5 Å². The molecule has 0 saturated carbocycles. The van der Waals surface area contributed by atoms with Crippen LogP contribution >= 0.6 is 22.9 Å². The van der Waals surface area contributed by atoms with Crippen LogP contribution in [-0.2, 0) is 4.74 Å². The van der Waals surface area contributed by atoms with Crippen molar-refractivity contribution >= 4 is 34.4 Å². The Bertz CT molecular complexity index is 406. The Hall–Kier alpha value is -0.650. The van der Waals surface area contributed by atoms with E-state index < -0.39 is 0 Å². The summed E-state index contributed by atoms with van der Waals surface area (Å²) in [6.07, 6.45) is 0.747. The van der Waals surface area contributed by atoms with Crippen LogP contribution in [0.25, 0.3) is 0 Å². The molecule has 0 N–H and O–H groups in total. The number of carbonyl (C=O) groups is 1. The fourth-order valence-electron chi connectivity index (χ4n) is 1.70. The molecule has 1 aromatic heterocycles. The average molecular weight is 261 g/mol. The van der Waals surface area contributed by atoms with Crippen LogP contribution in [0.4, 0.5) is 5.13 Å². The molecular formula is C10H13ClN2O2S. The van der Waals surface area contributed by atoms with Crippen molar-refractivity contribution in [2.45, 2.75) is 19.4 Å². The lowest BCUT2D eigenvalue weighted by molar-refractivity contribution is 0.0644. The number of hydrogen-bond donors (Lipinski definition) is 0. The fraction of sp³-hybridized carbons (Fsp3) is 0.600. The zero-order chi connectivity index (χ0) is 11.8. The van der Waals surface area contributed by atoms with Gasteiger partial charge in [0.25, 0.3) is 0 Å². The normalized spacial score (nSPS) is 19.8. The van der Waals surface area contributed by atoms with Gasteiger partial charge < -0.3 is 9.64 Å². The second-order valence-corrected chi connectivity index (χ2v) is 5.65. The van der Waals surface area contributed by atoms with Crippen LogP contribution in [-0.4, -0.2) is 36.6 Å². The average Bonchev–Trinajstić information content (AvgIpc) is 2.58. The van der Waals surface area contributed by atoms with E-state index >= 15 is 0 Å². The molecule has 0 atom stereocenters. The van der Waals surface area contributed by atoms with Crippen LogP contribution in [0.2, 0.25) is 5.15 Å². The van der Waals surface area contributed by atoms with E-state index in [4.69, 9.17) is 16.3 Å². The molecule has 2 heterocycles. The van der Waals surface area contributed by atoms with E-state index in [1.165, 1.54) is 11.3 Å². The number of nitrogens with zero attached hydrogens (tertiary/aromatic N) is 2. The molecule has 1 aliphatic rings. The number of ether oxygens (including phenoxy) is 1. The summed E-state index contributed by atoms with van der Waals surface area (Å²) in [7, 11) is 0. The third-order valence-electron chi connectivity index (χ3n) is 2.58. The highest BCUT2D eigenvalue weighted by Gasteiger charge is 2.33. The molecule has 0 bridgehead atoms. The Morgan fingerprint density at radius 1 is 1.62 bits per heavy atom. The number of carbonyl (C=O) groups excluding carboxylic acids is 1. The number of aromatic nitrogens is 1. The number of anilines is 1. The minimum absolute atomic E-state index is 0.112. The van der Waals surface area contributed by atoms with Crippen molar-refractivity contribution in [2.75, 3.05) is 24.7 Å². The largest absolute Gasteiger partial charge is 0.377 e. The van der Waals surface area contributed by atoms with Gasteiger partial charge in [-0.3, -0.25) is 4.79 Å². The van der Waals surface area contributed by atoms with Crippen molar-refractivity contribution in [1.82, 2.24) is 4.98 Å². The van der Waals surface area contributed by atoms with Crippen molar-refractivity contribution in [3.63, 3.8) is 0 Å². The molecule has 0 spiro atoms. The van der Waals surface area contributed by atoms with Crippen molar-refractivity contribution in [1.29, 1.82) is 0 Å². The summed E-state index contributed by atoms with van der Waals surface area (Å²) in [6.45, 7) is 6.27. The summed E-state index contributed by atoms with van der Waals surface area (Å²) in [5.74, 6) is 0. The van der Waals surface area contributed by atoms with Crippen LogP contribution in [0.3, 0.4) is 0 Å². The van der Waals surface area contributed by atoms with Gasteiger partial charge in [0.05, 0.1) is 18.8 Å². The first-order valence-electron chi connectivity index (χ1n) is 5.01. The monoisotopic (exact) mass is 260 g/mol. The van der Waals surface area contributed by atoms with Crippen molar-refractivity contribution < 1.29 is 9.53 Å². The number of rotatable bonds is 2. The smallest absolute Gasteiger partial charge is 0.188 e. The number of hydrogen-bond acceptors (Lipinski definition) is 5. The van der Waals surface area contributed by atoms with E-state index in [9.17, 15) is 4.79 Å². The number of thiazole rings is 1. The minimum Gasteiger partial charge on any atom is -0.377 e. The maximum absolute atomic E-state index is 10.7. The van der Waals surface area contributed by atoms with Crippen LogP contribution < -0.4 is 4.90 Å². The molecule has 0 unspecified atom stereocenters. The first kappa shape index (κ1) is 11.8. The molecule has 88 valence electrons. The lowest BCUT2D eigenvalue weighted by Gasteiger charge is -2.41. The van der Waals surface area contributed by atoms with Gasteiger partial charge in [-0.25, -0.2) is 4.98 Å². The Labute approximate surface area is 103 Å². The Kier molecular flexibility index (Phi) is 3.19. The number of morpholine rings is 1. The summed E-state index contributed by atoms with van der Waals surface area (Å²) in [5, 5.41) is 1.08. The minimum atomic E-state index is -0.112. The molecule has 16 heavy (non-hydrogen) atoms. The lowest BCUT2D eigenvalue weighted by Crippen LogP contribution is -2.53. The van der Waals surface area contributed by atoms with Crippen molar-refractivity contribution in [3.05, 3.63) is 10.0 Å². The molecule has 1 aliphatic heterocycles. The highest BCUT2D eigenvalue weighted by molar-refractivity contribution is 7.17. The van der Waals surface area contributed by atoms with Gasteiger partial charge in [-0.05, 0) is 13.8 Å². The first-order chi connectivity index (χ1) is 7.54. The number of halogens is 1. The molecule has 1 aromatic rings. The Morgan fingerprint density at radius 3 is 2.94 bits per heavy atom. The van der Waals surface area contributed by atoms with Gasteiger partial charge in [-0.2, -0.15) is 0 Å². The second-order valence-electron chi connectivity index (χ2n) is 4.29. The van der Waals surface area contributed by atoms with E-state index in [2.05, 4.69) is 23.7 Å². The standard InChI is InChI=1S/C10H13ClN2O2S/c1-10(2)6-15-4-3-13(10)9-12-8(11)7(5-14)16-9/h5H,3-4,6H2,1-2H3. The molecule has 6 heteroatoms. The molecule has 0 aromatic carbocycles. The fourth-order valence-corrected chi connectivity index (χ4v) is 2.95. The quantitative estimate of drug-likeness (QED) is 0.765. The molecular weight excluding hydrogens is 248 g/mol. The van der Waals surface area contributed by atoms with E-state index in [1.807, 2.05) is 0 Å². The molecule has 1 saturated heterocycles. The molecule has 4 nitrogen and oxygen atoms in total. The van der Waals surface area contributed by atoms with Gasteiger partial charge >= 0.3 is 0 Å². The third kappa shape index (κ3) is 2.07. The molecule has 1 fully saturated rings. The van der Waals surface area contributed by atoms with E-state index in [0.29, 0.717) is 18.1 Å². The van der Waals surface area contributed by atoms with Crippen molar-refractivity contribution in [2.24, 2.45) is 0 Å². The van der Waals surface area contributed by atoms with E-state index in [1.54, 1.807) is 0 Å². The van der Waals surface area contributed by atoms with Crippen molar-refractivity contribution in [3.8, 4) is 0 Å². The van der Waals surface area contributed by atoms with Gasteiger partial charge in [-0.1, -0.05) is 22.9 Å². The predicted molar refractivity (Wildman–Crippen MR) is 64.8 cm³/mol. The van der Waals surface area contributed by atoms with Gasteiger partial charge in [0, 0.05) is 6.54 Å². The zero-order valence-corrected chi connectivity index (χ0v) is 10.8. The molecule has 0 radical (unpaired) electrons. The summed E-state index contributed by atoms with van der Waals surface area (Å²) in [5.41, 5.74) is -0.112. The topological polar surface area (TPSA) is 42.4 Å². The van der Waals surface area contributed by atoms with Gasteiger partial charge in [0.2, 0.25) is 0 Å².